The van der Waals surface area contributed by atoms with Gasteiger partial charge in [-0.25, -0.2) is 13.2 Å². The molecule has 4 aromatic rings. The third-order valence-corrected chi connectivity index (χ3v) is 8.39. The standard InChI is InChI=1S/C30H27F3N2O2S/c1-16-7-4-8-18(13-16)28(34)24-15-38-30-20(14-21-22(31)10-6-11-23(21)32)17(2)26(29(36)35(24)30)19-9-5-12-25(37-3)27(19)33/h4-13,24,28H,14-15,34H2,1-3H3/t24-,28?/m0/s1. The van der Waals surface area contributed by atoms with E-state index in [1.165, 1.54) is 49.2 Å². The van der Waals surface area contributed by atoms with Crippen LogP contribution in [0.4, 0.5) is 13.2 Å². The lowest BCUT2D eigenvalue weighted by atomic mass is 9.93. The summed E-state index contributed by atoms with van der Waals surface area (Å²) < 4.78 is 51.7. The molecule has 0 saturated carbocycles. The molecule has 4 nitrogen and oxygen atoms in total. The van der Waals surface area contributed by atoms with E-state index in [1.807, 2.05) is 31.2 Å². The fourth-order valence-corrected chi connectivity index (χ4v) is 6.60. The van der Waals surface area contributed by atoms with Crippen molar-refractivity contribution in [1.29, 1.82) is 0 Å². The van der Waals surface area contributed by atoms with E-state index >= 15 is 4.39 Å². The number of benzene rings is 3. The smallest absolute Gasteiger partial charge is 0.260 e. The van der Waals surface area contributed by atoms with Gasteiger partial charge in [0.15, 0.2) is 11.6 Å². The highest BCUT2D eigenvalue weighted by atomic mass is 32.2. The van der Waals surface area contributed by atoms with Gasteiger partial charge in [0.1, 0.15) is 11.6 Å². The molecule has 3 aromatic carbocycles. The molecule has 0 radical (unpaired) electrons. The first-order valence-corrected chi connectivity index (χ1v) is 13.2. The van der Waals surface area contributed by atoms with E-state index in [1.54, 1.807) is 17.6 Å². The summed E-state index contributed by atoms with van der Waals surface area (Å²) in [5.41, 5.74) is 9.33. The van der Waals surface area contributed by atoms with Crippen molar-refractivity contribution < 1.29 is 17.9 Å². The number of methoxy groups -OCH3 is 1. The first-order valence-electron chi connectivity index (χ1n) is 12.2. The minimum absolute atomic E-state index is 0.00381. The van der Waals surface area contributed by atoms with E-state index in [9.17, 15) is 13.6 Å². The van der Waals surface area contributed by atoms with Gasteiger partial charge >= 0.3 is 0 Å². The fraction of sp³-hybridized carbons (Fsp3) is 0.233. The molecule has 2 atom stereocenters. The Hall–Kier alpha value is -3.49. The molecule has 0 fully saturated rings. The quantitative estimate of drug-likeness (QED) is 0.306. The van der Waals surface area contributed by atoms with E-state index in [0.717, 1.165) is 11.1 Å². The van der Waals surface area contributed by atoms with Crippen molar-refractivity contribution >= 4 is 11.8 Å². The summed E-state index contributed by atoms with van der Waals surface area (Å²) in [6.07, 6.45) is -0.0993. The van der Waals surface area contributed by atoms with Crippen LogP contribution >= 0.6 is 11.8 Å². The molecule has 0 bridgehead atoms. The number of hydrogen-bond donors (Lipinski definition) is 1. The van der Waals surface area contributed by atoms with E-state index in [-0.39, 0.29) is 28.9 Å². The maximum Gasteiger partial charge on any atom is 0.260 e. The third kappa shape index (κ3) is 4.41. The summed E-state index contributed by atoms with van der Waals surface area (Å²) in [6, 6.07) is 15.1. The van der Waals surface area contributed by atoms with Crippen LogP contribution in [0, 0.1) is 31.3 Å². The third-order valence-electron chi connectivity index (χ3n) is 7.17. The zero-order chi connectivity index (χ0) is 27.1. The number of aryl methyl sites for hydroxylation is 1. The van der Waals surface area contributed by atoms with Gasteiger partial charge < -0.3 is 10.5 Å². The van der Waals surface area contributed by atoms with E-state index in [2.05, 4.69) is 0 Å². The number of halogens is 3. The molecule has 0 aliphatic carbocycles. The van der Waals surface area contributed by atoms with Crippen molar-refractivity contribution in [1.82, 2.24) is 4.57 Å². The molecule has 1 aliphatic heterocycles. The topological polar surface area (TPSA) is 57.2 Å². The Morgan fingerprint density at radius 2 is 1.71 bits per heavy atom. The van der Waals surface area contributed by atoms with Crippen LogP contribution in [0.1, 0.15) is 39.9 Å². The second kappa shape index (κ2) is 10.3. The van der Waals surface area contributed by atoms with Gasteiger partial charge in [-0.15, -0.1) is 11.8 Å². The van der Waals surface area contributed by atoms with Crippen molar-refractivity contribution in [3.8, 4) is 16.9 Å². The summed E-state index contributed by atoms with van der Waals surface area (Å²) in [4.78, 5) is 14.1. The van der Waals surface area contributed by atoms with Crippen LogP contribution in [-0.4, -0.2) is 17.4 Å². The maximum atomic E-state index is 15.5. The first-order chi connectivity index (χ1) is 18.2. The number of ether oxygens (including phenoxy) is 1. The molecule has 5 rings (SSSR count). The molecule has 0 amide bonds. The van der Waals surface area contributed by atoms with Crippen LogP contribution < -0.4 is 16.0 Å². The molecule has 38 heavy (non-hydrogen) atoms. The molecule has 1 unspecified atom stereocenters. The van der Waals surface area contributed by atoms with Gasteiger partial charge in [0.05, 0.1) is 29.8 Å². The first kappa shape index (κ1) is 26.1. The van der Waals surface area contributed by atoms with Crippen LogP contribution in [-0.2, 0) is 6.42 Å². The number of aromatic nitrogens is 1. The minimum Gasteiger partial charge on any atom is -0.494 e. The SMILES string of the molecule is COc1cccc(-c2c(C)c(Cc3c(F)cccc3F)c3n(c2=O)[C@H](C(N)c2cccc(C)c2)CS3)c1F. The highest BCUT2D eigenvalue weighted by molar-refractivity contribution is 7.99. The maximum absolute atomic E-state index is 15.5. The largest absolute Gasteiger partial charge is 0.494 e. The Labute approximate surface area is 223 Å². The average Bonchev–Trinajstić information content (AvgIpc) is 3.34. The van der Waals surface area contributed by atoms with Crippen LogP contribution in [0.3, 0.4) is 0 Å². The number of thioether (sulfide) groups is 1. The summed E-state index contributed by atoms with van der Waals surface area (Å²) in [7, 11) is 1.35. The fourth-order valence-electron chi connectivity index (χ4n) is 5.16. The molecule has 2 heterocycles. The van der Waals surface area contributed by atoms with Crippen LogP contribution in [0.25, 0.3) is 11.1 Å². The van der Waals surface area contributed by atoms with Crippen molar-refractivity contribution in [3.05, 3.63) is 116 Å². The second-order valence-corrected chi connectivity index (χ2v) is 10.5. The Bertz CT molecular complexity index is 1580. The van der Waals surface area contributed by atoms with Gasteiger partial charge in [-0.2, -0.15) is 0 Å². The molecular weight excluding hydrogens is 509 g/mol. The number of nitrogens with zero attached hydrogens (tertiary/aromatic N) is 1. The van der Waals surface area contributed by atoms with Gasteiger partial charge in [-0.3, -0.25) is 9.36 Å². The van der Waals surface area contributed by atoms with Gasteiger partial charge in [0, 0.05) is 23.3 Å². The molecule has 0 saturated heterocycles. The lowest BCUT2D eigenvalue weighted by Crippen LogP contribution is -2.33. The molecule has 2 N–H and O–H groups in total. The number of hydrogen-bond acceptors (Lipinski definition) is 4. The van der Waals surface area contributed by atoms with Gasteiger partial charge in [0.25, 0.3) is 5.56 Å². The van der Waals surface area contributed by atoms with Crippen LogP contribution in [0.15, 0.2) is 70.5 Å². The zero-order valence-electron chi connectivity index (χ0n) is 21.2. The van der Waals surface area contributed by atoms with Gasteiger partial charge in [0.2, 0.25) is 0 Å². The van der Waals surface area contributed by atoms with Crippen LogP contribution in [0.5, 0.6) is 5.75 Å². The molecular formula is C30H27F3N2O2S. The average molecular weight is 537 g/mol. The Morgan fingerprint density at radius 1 is 1.03 bits per heavy atom. The summed E-state index contributed by atoms with van der Waals surface area (Å²) in [5.74, 6) is -1.56. The number of rotatable bonds is 6. The van der Waals surface area contributed by atoms with E-state index in [0.29, 0.717) is 21.9 Å². The van der Waals surface area contributed by atoms with Crippen molar-refractivity contribution in [2.75, 3.05) is 12.9 Å². The number of nitrogens with two attached hydrogens (primary N) is 1. The minimum atomic E-state index is -0.681. The molecule has 196 valence electrons. The zero-order valence-corrected chi connectivity index (χ0v) is 22.0. The molecule has 1 aliphatic rings. The summed E-state index contributed by atoms with van der Waals surface area (Å²) >= 11 is 1.42. The highest BCUT2D eigenvalue weighted by Gasteiger charge is 2.35. The number of pyridine rings is 1. The lowest BCUT2D eigenvalue weighted by Gasteiger charge is -2.25. The molecule has 0 spiro atoms. The normalized spacial score (nSPS) is 15.4. The summed E-state index contributed by atoms with van der Waals surface area (Å²) in [6.45, 7) is 3.66. The molecule has 1 aromatic heterocycles. The monoisotopic (exact) mass is 536 g/mol. The second-order valence-electron chi connectivity index (χ2n) is 9.48. The molecule has 8 heteroatoms. The predicted molar refractivity (Wildman–Crippen MR) is 144 cm³/mol. The van der Waals surface area contributed by atoms with Crippen molar-refractivity contribution in [2.45, 2.75) is 37.4 Å². The van der Waals surface area contributed by atoms with Crippen molar-refractivity contribution in [3.63, 3.8) is 0 Å². The van der Waals surface area contributed by atoms with E-state index < -0.39 is 35.1 Å². The number of fused-ring (bicyclic) bond motifs is 1. The van der Waals surface area contributed by atoms with E-state index in [4.69, 9.17) is 10.5 Å². The Kier molecular flexibility index (Phi) is 7.11. The predicted octanol–water partition coefficient (Wildman–Crippen LogP) is 6.50. The van der Waals surface area contributed by atoms with Gasteiger partial charge in [-0.05, 0) is 48.7 Å². The van der Waals surface area contributed by atoms with Crippen molar-refractivity contribution in [2.24, 2.45) is 5.73 Å². The Balaban J connectivity index is 1.77. The summed E-state index contributed by atoms with van der Waals surface area (Å²) in [5, 5.41) is 0.593. The van der Waals surface area contributed by atoms with Crippen LogP contribution in [0.2, 0.25) is 0 Å². The Morgan fingerprint density at radius 3 is 2.39 bits per heavy atom. The highest BCUT2D eigenvalue weighted by Crippen LogP contribution is 2.44. The van der Waals surface area contributed by atoms with Gasteiger partial charge in [-0.1, -0.05) is 48.0 Å². The lowest BCUT2D eigenvalue weighted by molar-refractivity contribution is 0.387.